The monoisotopic (exact) mass is 264 g/mol. The zero-order chi connectivity index (χ0) is 13.7. The standard InChI is InChI=1S/C10H16N8O/c1-7(2-5-19)13-8-14-9(17-11)16-10(15-8)18-4-3-12-6-18/h3-4,6-7,19H,2,5,11H2,1H3,(H2,13,14,15,16,17). The van der Waals surface area contributed by atoms with Gasteiger partial charge in [-0.2, -0.15) is 15.0 Å². The van der Waals surface area contributed by atoms with E-state index in [1.54, 1.807) is 23.3 Å². The van der Waals surface area contributed by atoms with Gasteiger partial charge in [0.25, 0.3) is 0 Å². The van der Waals surface area contributed by atoms with Crippen LogP contribution in [0, 0.1) is 0 Å². The molecule has 0 amide bonds. The summed E-state index contributed by atoms with van der Waals surface area (Å²) in [6, 6.07) is 0.0358. The molecule has 19 heavy (non-hydrogen) atoms. The SMILES string of the molecule is CC(CCO)Nc1nc(NN)nc(-n2ccnc2)n1. The lowest BCUT2D eigenvalue weighted by Gasteiger charge is -2.13. The van der Waals surface area contributed by atoms with Gasteiger partial charge in [0, 0.05) is 25.0 Å². The van der Waals surface area contributed by atoms with Crippen molar-refractivity contribution in [2.75, 3.05) is 17.3 Å². The molecule has 0 bridgehead atoms. The van der Waals surface area contributed by atoms with Crippen LogP contribution >= 0.6 is 0 Å². The van der Waals surface area contributed by atoms with Crippen molar-refractivity contribution in [3.63, 3.8) is 0 Å². The van der Waals surface area contributed by atoms with E-state index in [1.165, 1.54) is 0 Å². The fourth-order valence-electron chi connectivity index (χ4n) is 1.47. The van der Waals surface area contributed by atoms with Gasteiger partial charge in [-0.1, -0.05) is 0 Å². The molecule has 2 aromatic heterocycles. The van der Waals surface area contributed by atoms with Crippen LogP contribution in [0.4, 0.5) is 11.9 Å². The first-order valence-corrected chi connectivity index (χ1v) is 5.81. The number of aromatic nitrogens is 5. The van der Waals surface area contributed by atoms with Crippen molar-refractivity contribution in [1.82, 2.24) is 24.5 Å². The number of nitrogen functional groups attached to an aromatic ring is 1. The van der Waals surface area contributed by atoms with Crippen LogP contribution in [0.2, 0.25) is 0 Å². The van der Waals surface area contributed by atoms with Crippen LogP contribution in [0.3, 0.4) is 0 Å². The number of hydrazine groups is 1. The number of imidazole rings is 1. The molecular weight excluding hydrogens is 248 g/mol. The summed E-state index contributed by atoms with van der Waals surface area (Å²) in [6.07, 6.45) is 5.52. The van der Waals surface area contributed by atoms with Crippen molar-refractivity contribution in [3.8, 4) is 5.95 Å². The Morgan fingerprint density at radius 3 is 2.79 bits per heavy atom. The molecule has 0 aliphatic rings. The minimum Gasteiger partial charge on any atom is -0.396 e. The molecule has 0 spiro atoms. The molecule has 0 aliphatic heterocycles. The number of anilines is 2. The summed E-state index contributed by atoms with van der Waals surface area (Å²) in [7, 11) is 0. The third kappa shape index (κ3) is 3.36. The third-order valence-electron chi connectivity index (χ3n) is 2.43. The van der Waals surface area contributed by atoms with E-state index < -0.39 is 0 Å². The number of hydrogen-bond acceptors (Lipinski definition) is 8. The van der Waals surface area contributed by atoms with Gasteiger partial charge < -0.3 is 10.4 Å². The Hall–Kier alpha value is -2.26. The number of hydrogen-bond donors (Lipinski definition) is 4. The number of aliphatic hydroxyl groups excluding tert-OH is 1. The minimum atomic E-state index is 0.0358. The molecule has 1 atom stereocenters. The van der Waals surface area contributed by atoms with Crippen molar-refractivity contribution in [2.24, 2.45) is 5.84 Å². The van der Waals surface area contributed by atoms with E-state index in [0.717, 1.165) is 0 Å². The van der Waals surface area contributed by atoms with Crippen molar-refractivity contribution in [1.29, 1.82) is 0 Å². The van der Waals surface area contributed by atoms with Crippen molar-refractivity contribution in [3.05, 3.63) is 18.7 Å². The summed E-state index contributed by atoms with van der Waals surface area (Å²) in [5, 5.41) is 12.0. The van der Waals surface area contributed by atoms with Crippen LogP contribution in [0.5, 0.6) is 0 Å². The molecule has 1 unspecified atom stereocenters. The quantitative estimate of drug-likeness (QED) is 0.407. The van der Waals surface area contributed by atoms with Crippen molar-refractivity contribution < 1.29 is 5.11 Å². The Labute approximate surface area is 109 Å². The summed E-state index contributed by atoms with van der Waals surface area (Å²) >= 11 is 0. The van der Waals surface area contributed by atoms with E-state index in [-0.39, 0.29) is 18.6 Å². The molecule has 2 heterocycles. The summed E-state index contributed by atoms with van der Waals surface area (Å²) in [5.41, 5.74) is 2.39. The van der Waals surface area contributed by atoms with Gasteiger partial charge in [0.2, 0.25) is 17.8 Å². The van der Waals surface area contributed by atoms with Gasteiger partial charge in [0.1, 0.15) is 6.33 Å². The zero-order valence-corrected chi connectivity index (χ0v) is 10.5. The number of nitrogens with two attached hydrogens (primary N) is 1. The second-order valence-electron chi connectivity index (χ2n) is 3.95. The zero-order valence-electron chi connectivity index (χ0n) is 10.5. The lowest BCUT2D eigenvalue weighted by Crippen LogP contribution is -2.21. The van der Waals surface area contributed by atoms with Crippen LogP contribution in [0.1, 0.15) is 13.3 Å². The maximum Gasteiger partial charge on any atom is 0.243 e. The molecule has 2 aromatic rings. The van der Waals surface area contributed by atoms with E-state index in [9.17, 15) is 0 Å². The summed E-state index contributed by atoms with van der Waals surface area (Å²) in [6.45, 7) is 2.02. The second kappa shape index (κ2) is 6.07. The molecule has 2 rings (SSSR count). The average Bonchev–Trinajstić information content (AvgIpc) is 2.92. The van der Waals surface area contributed by atoms with Crippen molar-refractivity contribution >= 4 is 11.9 Å². The van der Waals surface area contributed by atoms with Crippen LogP contribution in [0.15, 0.2) is 18.7 Å². The molecule has 0 saturated heterocycles. The van der Waals surface area contributed by atoms with E-state index >= 15 is 0 Å². The van der Waals surface area contributed by atoms with E-state index in [0.29, 0.717) is 18.3 Å². The first kappa shape index (κ1) is 13.2. The Kier molecular flexibility index (Phi) is 4.21. The van der Waals surface area contributed by atoms with E-state index in [2.05, 4.69) is 30.7 Å². The highest BCUT2D eigenvalue weighted by Gasteiger charge is 2.09. The van der Waals surface area contributed by atoms with Crippen LogP contribution in [-0.2, 0) is 0 Å². The van der Waals surface area contributed by atoms with Gasteiger partial charge in [0.05, 0.1) is 0 Å². The van der Waals surface area contributed by atoms with Crippen LogP contribution in [-0.4, -0.2) is 42.3 Å². The lowest BCUT2D eigenvalue weighted by molar-refractivity contribution is 0.282. The number of rotatable bonds is 6. The molecule has 0 radical (unpaired) electrons. The highest BCUT2D eigenvalue weighted by Crippen LogP contribution is 2.10. The van der Waals surface area contributed by atoms with E-state index in [1.807, 2.05) is 6.92 Å². The third-order valence-corrected chi connectivity index (χ3v) is 2.43. The topological polar surface area (TPSA) is 127 Å². The van der Waals surface area contributed by atoms with Gasteiger partial charge in [-0.15, -0.1) is 0 Å². The van der Waals surface area contributed by atoms with Crippen LogP contribution < -0.4 is 16.6 Å². The summed E-state index contributed by atoms with van der Waals surface area (Å²) in [5.74, 6) is 6.37. The second-order valence-corrected chi connectivity index (χ2v) is 3.95. The summed E-state index contributed by atoms with van der Waals surface area (Å²) < 4.78 is 1.64. The maximum atomic E-state index is 8.88. The minimum absolute atomic E-state index is 0.0358. The highest BCUT2D eigenvalue weighted by atomic mass is 16.3. The molecule has 0 aliphatic carbocycles. The van der Waals surface area contributed by atoms with Gasteiger partial charge in [-0.25, -0.2) is 10.8 Å². The smallest absolute Gasteiger partial charge is 0.243 e. The molecular formula is C10H16N8O. The maximum absolute atomic E-state index is 8.88. The molecule has 0 saturated carbocycles. The normalized spacial score (nSPS) is 12.2. The first-order chi connectivity index (χ1) is 9.22. The van der Waals surface area contributed by atoms with Crippen LogP contribution in [0.25, 0.3) is 5.95 Å². The molecule has 102 valence electrons. The Morgan fingerprint density at radius 1 is 1.37 bits per heavy atom. The number of aliphatic hydroxyl groups is 1. The lowest BCUT2D eigenvalue weighted by atomic mass is 10.2. The number of nitrogens with zero attached hydrogens (tertiary/aromatic N) is 5. The first-order valence-electron chi connectivity index (χ1n) is 5.81. The van der Waals surface area contributed by atoms with Gasteiger partial charge in [-0.05, 0) is 13.3 Å². The Morgan fingerprint density at radius 2 is 2.16 bits per heavy atom. The molecule has 0 aromatic carbocycles. The fraction of sp³-hybridized carbons (Fsp3) is 0.400. The largest absolute Gasteiger partial charge is 0.396 e. The Bertz CT molecular complexity index is 514. The average molecular weight is 264 g/mol. The van der Waals surface area contributed by atoms with Gasteiger partial charge in [0.15, 0.2) is 0 Å². The Balaban J connectivity index is 2.26. The number of nitrogens with one attached hydrogen (secondary N) is 2. The summed E-state index contributed by atoms with van der Waals surface area (Å²) in [4.78, 5) is 16.4. The molecule has 9 heteroatoms. The predicted molar refractivity (Wildman–Crippen MR) is 69.5 cm³/mol. The molecule has 9 nitrogen and oxygen atoms in total. The fourth-order valence-corrected chi connectivity index (χ4v) is 1.47. The highest BCUT2D eigenvalue weighted by molar-refractivity contribution is 5.37. The van der Waals surface area contributed by atoms with Gasteiger partial charge in [-0.3, -0.25) is 9.99 Å². The molecule has 0 fully saturated rings. The van der Waals surface area contributed by atoms with Crippen molar-refractivity contribution in [2.45, 2.75) is 19.4 Å². The van der Waals surface area contributed by atoms with Gasteiger partial charge >= 0.3 is 0 Å². The molecule has 5 N–H and O–H groups in total. The predicted octanol–water partition coefficient (Wildman–Crippen LogP) is -0.474. The van der Waals surface area contributed by atoms with E-state index in [4.69, 9.17) is 10.9 Å².